The molecule has 0 aliphatic carbocycles. The molecule has 0 spiro atoms. The van der Waals surface area contributed by atoms with Crippen molar-refractivity contribution in [2.45, 2.75) is 18.9 Å². The molecule has 0 heterocycles. The van der Waals surface area contributed by atoms with Crippen molar-refractivity contribution in [3.8, 4) is 0 Å². The van der Waals surface area contributed by atoms with E-state index in [-0.39, 0.29) is 6.04 Å². The number of halogens is 2. The van der Waals surface area contributed by atoms with Gasteiger partial charge in [0.05, 0.1) is 0 Å². The van der Waals surface area contributed by atoms with Gasteiger partial charge in [-0.05, 0) is 43.1 Å². The van der Waals surface area contributed by atoms with Crippen LogP contribution in [0.4, 0.5) is 0 Å². The summed E-state index contributed by atoms with van der Waals surface area (Å²) in [5.41, 5.74) is 12.5. The number of nitrogens with two attached hydrogens (primary N) is 2. The molecular formula is C10H14BrClN2. The van der Waals surface area contributed by atoms with Gasteiger partial charge in [0, 0.05) is 15.5 Å². The third kappa shape index (κ3) is 3.24. The maximum Gasteiger partial charge on any atom is 0.0410 e. The molecule has 1 rings (SSSR count). The van der Waals surface area contributed by atoms with Crippen LogP contribution in [0, 0.1) is 0 Å². The lowest BCUT2D eigenvalue weighted by Crippen LogP contribution is -2.13. The molecule has 4 N–H and O–H groups in total. The molecule has 2 nitrogen and oxygen atoms in total. The summed E-state index contributed by atoms with van der Waals surface area (Å²) in [6, 6.07) is 5.66. The number of hydrogen-bond acceptors (Lipinski definition) is 2. The Kier molecular flexibility index (Phi) is 4.89. The minimum Gasteiger partial charge on any atom is -0.330 e. The largest absolute Gasteiger partial charge is 0.330 e. The first kappa shape index (κ1) is 12.0. The molecule has 0 saturated carbocycles. The summed E-state index contributed by atoms with van der Waals surface area (Å²) in [7, 11) is 0. The van der Waals surface area contributed by atoms with Gasteiger partial charge < -0.3 is 11.5 Å². The minimum absolute atomic E-state index is 0.00613. The zero-order chi connectivity index (χ0) is 10.6. The van der Waals surface area contributed by atoms with E-state index >= 15 is 0 Å². The Bertz CT molecular complexity index is 304. The second-order valence-corrected chi connectivity index (χ2v) is 4.49. The van der Waals surface area contributed by atoms with Gasteiger partial charge in [-0.2, -0.15) is 0 Å². The van der Waals surface area contributed by atoms with Crippen molar-refractivity contribution in [1.29, 1.82) is 0 Å². The molecule has 1 atom stereocenters. The Labute approximate surface area is 97.7 Å². The molecule has 0 aliphatic heterocycles. The van der Waals surface area contributed by atoms with Crippen molar-refractivity contribution in [1.82, 2.24) is 0 Å². The highest BCUT2D eigenvalue weighted by molar-refractivity contribution is 9.10. The van der Waals surface area contributed by atoms with Gasteiger partial charge in [0.2, 0.25) is 0 Å². The molecule has 0 aliphatic rings. The van der Waals surface area contributed by atoms with Gasteiger partial charge >= 0.3 is 0 Å². The van der Waals surface area contributed by atoms with Crippen molar-refractivity contribution in [2.75, 3.05) is 6.54 Å². The second kappa shape index (κ2) is 5.71. The maximum absolute atomic E-state index is 6.01. The van der Waals surface area contributed by atoms with E-state index in [0.717, 1.165) is 22.9 Å². The molecule has 0 fully saturated rings. The number of benzene rings is 1. The summed E-state index contributed by atoms with van der Waals surface area (Å²) in [5.74, 6) is 0. The normalized spacial score (nSPS) is 12.9. The third-order valence-electron chi connectivity index (χ3n) is 2.08. The van der Waals surface area contributed by atoms with Gasteiger partial charge in [-0.3, -0.25) is 0 Å². The summed E-state index contributed by atoms with van der Waals surface area (Å²) in [4.78, 5) is 0. The van der Waals surface area contributed by atoms with E-state index in [1.807, 2.05) is 18.2 Å². The van der Waals surface area contributed by atoms with Crippen molar-refractivity contribution >= 4 is 27.5 Å². The van der Waals surface area contributed by atoms with Crippen LogP contribution < -0.4 is 11.5 Å². The van der Waals surface area contributed by atoms with Crippen LogP contribution in [0.1, 0.15) is 24.4 Å². The van der Waals surface area contributed by atoms with Crippen LogP contribution in [0.5, 0.6) is 0 Å². The lowest BCUT2D eigenvalue weighted by Gasteiger charge is -2.13. The number of hydrogen-bond donors (Lipinski definition) is 2. The van der Waals surface area contributed by atoms with Crippen LogP contribution in [-0.4, -0.2) is 6.54 Å². The maximum atomic E-state index is 6.01. The fourth-order valence-electron chi connectivity index (χ4n) is 1.29. The Balaban J connectivity index is 2.77. The van der Waals surface area contributed by atoms with Crippen LogP contribution in [0.3, 0.4) is 0 Å². The van der Waals surface area contributed by atoms with Crippen LogP contribution in [0.25, 0.3) is 0 Å². The van der Waals surface area contributed by atoms with Gasteiger partial charge in [-0.25, -0.2) is 0 Å². The highest BCUT2D eigenvalue weighted by atomic mass is 79.9. The molecule has 0 aromatic heterocycles. The van der Waals surface area contributed by atoms with Gasteiger partial charge in [-0.1, -0.05) is 27.5 Å². The summed E-state index contributed by atoms with van der Waals surface area (Å²) in [6.07, 6.45) is 1.82. The van der Waals surface area contributed by atoms with Gasteiger partial charge in [0.15, 0.2) is 0 Å². The first-order valence-corrected chi connectivity index (χ1v) is 5.73. The van der Waals surface area contributed by atoms with Crippen molar-refractivity contribution < 1.29 is 0 Å². The van der Waals surface area contributed by atoms with Crippen molar-refractivity contribution in [3.05, 3.63) is 33.3 Å². The van der Waals surface area contributed by atoms with Crippen LogP contribution >= 0.6 is 27.5 Å². The summed E-state index contributed by atoms with van der Waals surface area (Å²) < 4.78 is 1.01. The monoisotopic (exact) mass is 276 g/mol. The molecule has 0 saturated heterocycles. The van der Waals surface area contributed by atoms with E-state index in [1.165, 1.54) is 0 Å². The van der Waals surface area contributed by atoms with Crippen LogP contribution in [-0.2, 0) is 0 Å². The Morgan fingerprint density at radius 1 is 1.43 bits per heavy atom. The first-order chi connectivity index (χ1) is 6.65. The second-order valence-electron chi connectivity index (χ2n) is 3.20. The third-order valence-corrected chi connectivity index (χ3v) is 3.03. The fraction of sp³-hybridized carbons (Fsp3) is 0.400. The van der Waals surface area contributed by atoms with E-state index in [9.17, 15) is 0 Å². The first-order valence-electron chi connectivity index (χ1n) is 4.55. The molecule has 78 valence electrons. The highest BCUT2D eigenvalue weighted by Gasteiger charge is 2.09. The predicted octanol–water partition coefficient (Wildman–Crippen LogP) is 2.84. The molecule has 1 aromatic rings. The molecule has 0 bridgehead atoms. The molecule has 1 aromatic carbocycles. The fourth-order valence-corrected chi connectivity index (χ4v) is 2.01. The van der Waals surface area contributed by atoms with Crippen molar-refractivity contribution in [2.24, 2.45) is 11.5 Å². The molecule has 4 heteroatoms. The molecule has 0 unspecified atom stereocenters. The van der Waals surface area contributed by atoms with Gasteiger partial charge in [0.1, 0.15) is 0 Å². The van der Waals surface area contributed by atoms with Gasteiger partial charge in [0.25, 0.3) is 0 Å². The number of rotatable bonds is 4. The van der Waals surface area contributed by atoms with Crippen LogP contribution in [0.2, 0.25) is 5.02 Å². The SMILES string of the molecule is NCCC[C@H](N)c1cc(Cl)ccc1Br. The molecule has 0 radical (unpaired) electrons. The van der Waals surface area contributed by atoms with E-state index < -0.39 is 0 Å². The molecular weight excluding hydrogens is 263 g/mol. The topological polar surface area (TPSA) is 52.0 Å². The van der Waals surface area contributed by atoms with E-state index in [2.05, 4.69) is 15.9 Å². The lowest BCUT2D eigenvalue weighted by atomic mass is 10.0. The van der Waals surface area contributed by atoms with E-state index in [1.54, 1.807) is 0 Å². The quantitative estimate of drug-likeness (QED) is 0.889. The molecule has 0 amide bonds. The highest BCUT2D eigenvalue weighted by Crippen LogP contribution is 2.27. The predicted molar refractivity (Wildman–Crippen MR) is 64.4 cm³/mol. The Morgan fingerprint density at radius 2 is 2.14 bits per heavy atom. The van der Waals surface area contributed by atoms with E-state index in [4.69, 9.17) is 23.1 Å². The van der Waals surface area contributed by atoms with Crippen molar-refractivity contribution in [3.63, 3.8) is 0 Å². The summed E-state index contributed by atoms with van der Waals surface area (Å²) in [5, 5.41) is 0.714. The standard InChI is InChI=1S/C10H14BrClN2/c11-9-4-3-7(12)6-8(9)10(14)2-1-5-13/h3-4,6,10H,1-2,5,13-14H2/t10-/m0/s1. The summed E-state index contributed by atoms with van der Waals surface area (Å²) >= 11 is 9.35. The Morgan fingerprint density at radius 3 is 2.79 bits per heavy atom. The van der Waals surface area contributed by atoms with Crippen LogP contribution in [0.15, 0.2) is 22.7 Å². The molecule has 14 heavy (non-hydrogen) atoms. The van der Waals surface area contributed by atoms with Gasteiger partial charge in [-0.15, -0.1) is 0 Å². The van der Waals surface area contributed by atoms with E-state index in [0.29, 0.717) is 11.6 Å². The minimum atomic E-state index is 0.00613. The zero-order valence-corrected chi connectivity index (χ0v) is 10.2. The average molecular weight is 278 g/mol. The zero-order valence-electron chi connectivity index (χ0n) is 7.84. The smallest absolute Gasteiger partial charge is 0.0410 e. The summed E-state index contributed by atoms with van der Waals surface area (Å²) in [6.45, 7) is 0.673. The Hall–Kier alpha value is -0.0900. The average Bonchev–Trinajstić information content (AvgIpc) is 2.18. The lowest BCUT2D eigenvalue weighted by molar-refractivity contribution is 0.616.